The maximum Gasteiger partial charge on any atom is 2.00 e. The zero-order valence-corrected chi connectivity index (χ0v) is 34.3. The maximum absolute atomic E-state index is 10.3. The summed E-state index contributed by atoms with van der Waals surface area (Å²) in [7, 11) is 0. The molecule has 4 nitrogen and oxygen atoms in total. The molecule has 0 amide bonds. The second-order valence-electron chi connectivity index (χ2n) is 15.0. The Hall–Kier alpha value is -0.554. The molecule has 0 fully saturated rings. The number of carbonyl (C=O) groups is 2. The molecule has 0 aliphatic carbocycles. The van der Waals surface area contributed by atoms with Gasteiger partial charge in [0.1, 0.15) is 0 Å². The molecule has 0 N–H and O–H groups in total. The standard InChI is InChI=1S/2C22H44O2.Co/c2*1-2-3-4-5-6-7-8-9-10-11-12-13-14-15-16-17-18-19-20-21-22(23)24;/h2*2-21H2,1H3,(H,23,24);/q;;+2/p-2. The van der Waals surface area contributed by atoms with Crippen LogP contribution in [0.25, 0.3) is 0 Å². The van der Waals surface area contributed by atoms with E-state index in [1.54, 1.807) is 0 Å². The number of hydrogen-bond acceptors (Lipinski definition) is 4. The van der Waals surface area contributed by atoms with E-state index in [4.69, 9.17) is 0 Å². The molecule has 0 heterocycles. The van der Waals surface area contributed by atoms with Crippen molar-refractivity contribution in [1.29, 1.82) is 0 Å². The van der Waals surface area contributed by atoms with Crippen LogP contribution in [0.5, 0.6) is 0 Å². The third kappa shape index (κ3) is 57.0. The number of unbranched alkanes of at least 4 members (excludes halogenated alkanes) is 36. The zero-order chi connectivity index (χ0) is 35.4. The summed E-state index contributed by atoms with van der Waals surface area (Å²) < 4.78 is 0. The second kappa shape index (κ2) is 49.6. The van der Waals surface area contributed by atoms with Crippen LogP contribution in [0.2, 0.25) is 0 Å². The number of rotatable bonds is 40. The van der Waals surface area contributed by atoms with Gasteiger partial charge in [-0.05, 0) is 25.7 Å². The van der Waals surface area contributed by atoms with Gasteiger partial charge in [0, 0.05) is 11.9 Å². The minimum atomic E-state index is -0.901. The molecule has 0 aromatic heterocycles. The Morgan fingerprint density at radius 3 is 0.510 bits per heavy atom. The zero-order valence-electron chi connectivity index (χ0n) is 33.3. The molecule has 1 radical (unpaired) electrons. The molecule has 0 aromatic carbocycles. The van der Waals surface area contributed by atoms with Gasteiger partial charge in [0.05, 0.1) is 0 Å². The summed E-state index contributed by atoms with van der Waals surface area (Å²) in [6.45, 7) is 4.56. The van der Waals surface area contributed by atoms with Crippen LogP contribution < -0.4 is 10.2 Å². The normalized spacial score (nSPS) is 10.8. The molecule has 0 bridgehead atoms. The molecule has 49 heavy (non-hydrogen) atoms. The Balaban J connectivity index is -0.000000846. The largest absolute Gasteiger partial charge is 2.00 e. The van der Waals surface area contributed by atoms with Gasteiger partial charge in [-0.25, -0.2) is 0 Å². The number of carbonyl (C=O) groups excluding carboxylic acids is 2. The molecule has 0 spiro atoms. The van der Waals surface area contributed by atoms with E-state index in [1.807, 2.05) is 0 Å². The third-order valence-electron chi connectivity index (χ3n) is 9.97. The molecule has 0 unspecified atom stereocenters. The molecule has 0 aliphatic rings. The quantitative estimate of drug-likeness (QED) is 0.0586. The number of aliphatic carboxylic acids is 2. The predicted octanol–water partition coefficient (Wildman–Crippen LogP) is 13.1. The smallest absolute Gasteiger partial charge is 0.550 e. The Morgan fingerprint density at radius 2 is 0.388 bits per heavy atom. The van der Waals surface area contributed by atoms with E-state index >= 15 is 0 Å². The maximum atomic E-state index is 10.3. The van der Waals surface area contributed by atoms with Crippen LogP contribution in [-0.4, -0.2) is 11.9 Å². The van der Waals surface area contributed by atoms with Crippen molar-refractivity contribution in [3.63, 3.8) is 0 Å². The van der Waals surface area contributed by atoms with Gasteiger partial charge in [-0.3, -0.25) is 0 Å². The summed E-state index contributed by atoms with van der Waals surface area (Å²) in [5, 5.41) is 20.5. The molecule has 0 aliphatic heterocycles. The van der Waals surface area contributed by atoms with Gasteiger partial charge in [-0.1, -0.05) is 245 Å². The fraction of sp³-hybridized carbons (Fsp3) is 0.955. The van der Waals surface area contributed by atoms with E-state index in [9.17, 15) is 19.8 Å². The summed E-state index contributed by atoms with van der Waals surface area (Å²) in [5.74, 6) is -1.80. The first-order valence-electron chi connectivity index (χ1n) is 21.9. The van der Waals surface area contributed by atoms with Crippen molar-refractivity contribution in [3.8, 4) is 0 Å². The minimum Gasteiger partial charge on any atom is -0.550 e. The van der Waals surface area contributed by atoms with Gasteiger partial charge in [0.2, 0.25) is 0 Å². The van der Waals surface area contributed by atoms with Crippen molar-refractivity contribution in [2.75, 3.05) is 0 Å². The van der Waals surface area contributed by atoms with E-state index in [-0.39, 0.29) is 29.6 Å². The predicted molar refractivity (Wildman–Crippen MR) is 206 cm³/mol. The molecule has 0 saturated carbocycles. The minimum absolute atomic E-state index is 0. The molecular formula is C44H86CoO4. The Bertz CT molecular complexity index is 560. The fourth-order valence-electron chi connectivity index (χ4n) is 6.70. The molecule has 0 aromatic rings. The second-order valence-corrected chi connectivity index (χ2v) is 15.0. The molecule has 5 heteroatoms. The summed E-state index contributed by atoms with van der Waals surface area (Å²) in [5.41, 5.74) is 0. The number of carboxylic acids is 2. The van der Waals surface area contributed by atoms with Gasteiger partial charge >= 0.3 is 16.8 Å². The fourth-order valence-corrected chi connectivity index (χ4v) is 6.70. The van der Waals surface area contributed by atoms with Crippen LogP contribution in [-0.2, 0) is 26.4 Å². The van der Waals surface area contributed by atoms with Crippen LogP contribution >= 0.6 is 0 Å². The topological polar surface area (TPSA) is 80.3 Å². The van der Waals surface area contributed by atoms with Gasteiger partial charge < -0.3 is 19.8 Å². The van der Waals surface area contributed by atoms with Crippen molar-refractivity contribution >= 4 is 11.9 Å². The Morgan fingerprint density at radius 1 is 0.265 bits per heavy atom. The summed E-state index contributed by atoms with van der Waals surface area (Å²) >= 11 is 0. The average molecular weight is 738 g/mol. The van der Waals surface area contributed by atoms with Crippen LogP contribution in [0, 0.1) is 0 Å². The van der Waals surface area contributed by atoms with Gasteiger partial charge in [0.15, 0.2) is 0 Å². The van der Waals surface area contributed by atoms with E-state index in [0.717, 1.165) is 25.7 Å². The first-order valence-corrected chi connectivity index (χ1v) is 21.9. The monoisotopic (exact) mass is 738 g/mol. The third-order valence-corrected chi connectivity index (χ3v) is 9.97. The number of hydrogen-bond donors (Lipinski definition) is 0. The SMILES string of the molecule is CCCCCCCCCCCCCCCCCCCCCC(=O)[O-].CCCCCCCCCCCCCCCCCCCCCC(=O)[O-].[Co+2]. The first kappa shape index (κ1) is 52.8. The van der Waals surface area contributed by atoms with Gasteiger partial charge in [-0.15, -0.1) is 0 Å². The summed E-state index contributed by atoms with van der Waals surface area (Å²) in [6, 6.07) is 0. The van der Waals surface area contributed by atoms with Gasteiger partial charge in [0.25, 0.3) is 0 Å². The van der Waals surface area contributed by atoms with Crippen LogP contribution in [0.15, 0.2) is 0 Å². The van der Waals surface area contributed by atoms with Crippen LogP contribution in [0.3, 0.4) is 0 Å². The van der Waals surface area contributed by atoms with Crippen molar-refractivity contribution < 1.29 is 36.6 Å². The molecular weight excluding hydrogens is 651 g/mol. The Labute approximate surface area is 318 Å². The van der Waals surface area contributed by atoms with Crippen molar-refractivity contribution in [3.05, 3.63) is 0 Å². The van der Waals surface area contributed by atoms with Crippen molar-refractivity contribution in [2.24, 2.45) is 0 Å². The van der Waals surface area contributed by atoms with E-state index in [1.165, 1.54) is 218 Å². The molecule has 0 atom stereocenters. The summed E-state index contributed by atoms with van der Waals surface area (Å²) in [4.78, 5) is 20.5. The van der Waals surface area contributed by atoms with Crippen molar-refractivity contribution in [1.82, 2.24) is 0 Å². The molecule has 0 saturated heterocycles. The Kier molecular flexibility index (Phi) is 53.4. The number of carboxylic acid groups (broad SMARTS) is 2. The van der Waals surface area contributed by atoms with Crippen LogP contribution in [0.4, 0.5) is 0 Å². The summed E-state index contributed by atoms with van der Waals surface area (Å²) in [6.07, 6.45) is 51.5. The van der Waals surface area contributed by atoms with Crippen LogP contribution in [0.1, 0.15) is 271 Å². The average Bonchev–Trinajstić information content (AvgIpc) is 3.07. The van der Waals surface area contributed by atoms with E-state index in [0.29, 0.717) is 0 Å². The van der Waals surface area contributed by atoms with E-state index in [2.05, 4.69) is 13.8 Å². The van der Waals surface area contributed by atoms with Crippen molar-refractivity contribution in [2.45, 2.75) is 271 Å². The molecule has 295 valence electrons. The molecule has 0 rings (SSSR count). The van der Waals surface area contributed by atoms with Gasteiger partial charge in [-0.2, -0.15) is 0 Å². The first-order chi connectivity index (χ1) is 23.5. The van der Waals surface area contributed by atoms with E-state index < -0.39 is 11.9 Å².